The maximum Gasteiger partial charge on any atom is 0.140 e. The molecule has 55 heavy (non-hydrogen) atoms. The molecular weight excluding hydrogens is 673 g/mol. The molecule has 4 aromatic heterocycles. The summed E-state index contributed by atoms with van der Waals surface area (Å²) in [5.74, 6) is 0.937. The third-order valence-electron chi connectivity index (χ3n) is 10.8. The van der Waals surface area contributed by atoms with E-state index in [1.807, 2.05) is 42.5 Å². The van der Waals surface area contributed by atoms with E-state index in [4.69, 9.17) is 9.40 Å². The lowest BCUT2D eigenvalue weighted by Crippen LogP contribution is -2.18. The van der Waals surface area contributed by atoms with Crippen molar-refractivity contribution in [2.24, 2.45) is 0 Å². The molecule has 258 valence electrons. The summed E-state index contributed by atoms with van der Waals surface area (Å²) in [7, 11) is 0. The summed E-state index contributed by atoms with van der Waals surface area (Å²) >= 11 is 0. The molecule has 1 atom stereocenters. The molecule has 6 aromatic carbocycles. The zero-order valence-electron chi connectivity index (χ0n) is 29.6. The monoisotopic (exact) mass is 704 g/mol. The predicted octanol–water partition coefficient (Wildman–Crippen LogP) is 12.8. The minimum Gasteiger partial charge on any atom is -0.458 e. The van der Waals surface area contributed by atoms with E-state index in [0.717, 1.165) is 78.6 Å². The van der Waals surface area contributed by atoms with Gasteiger partial charge in [0.05, 0.1) is 28.5 Å². The summed E-state index contributed by atoms with van der Waals surface area (Å²) in [4.78, 5) is 14.2. The number of pyridine rings is 3. The van der Waals surface area contributed by atoms with Crippen molar-refractivity contribution in [1.29, 1.82) is 0 Å². The lowest BCUT2D eigenvalue weighted by atomic mass is 9.85. The standard InChI is InChI=1S/C50H32N4O/c1-2-13-35-33(12-1)28-41(38-15-4-3-14-37(35)38)49-50-47(39-16-5-6-21-46(39)55-50)40-18-11-17-36(48(40)54-49)32-24-22-31(23-25-32)34-29-44(42-19-7-9-26-51-42)53-45(30-34)43-20-8-10-27-52-43/h1-30,49,54H. The van der Waals surface area contributed by atoms with Crippen molar-refractivity contribution >= 4 is 38.2 Å². The number of anilines is 1. The lowest BCUT2D eigenvalue weighted by molar-refractivity contribution is 0.537. The average Bonchev–Trinajstić information content (AvgIpc) is 3.66. The van der Waals surface area contributed by atoms with Crippen LogP contribution in [0.25, 0.3) is 88.7 Å². The Hall–Kier alpha value is -7.37. The predicted molar refractivity (Wildman–Crippen MR) is 224 cm³/mol. The molecule has 0 amide bonds. The lowest BCUT2D eigenvalue weighted by Gasteiger charge is -2.30. The first-order valence-corrected chi connectivity index (χ1v) is 18.5. The molecule has 0 spiro atoms. The zero-order chi connectivity index (χ0) is 36.3. The summed E-state index contributed by atoms with van der Waals surface area (Å²) in [5.41, 5.74) is 13.1. The molecule has 1 aliphatic heterocycles. The molecule has 0 aliphatic carbocycles. The number of nitrogens with one attached hydrogen (secondary N) is 1. The average molecular weight is 705 g/mol. The van der Waals surface area contributed by atoms with Crippen molar-refractivity contribution in [3.63, 3.8) is 0 Å². The highest BCUT2D eigenvalue weighted by atomic mass is 16.3. The van der Waals surface area contributed by atoms with E-state index < -0.39 is 0 Å². The molecule has 0 saturated heterocycles. The van der Waals surface area contributed by atoms with Crippen LogP contribution in [0.1, 0.15) is 17.4 Å². The Morgan fingerprint density at radius 2 is 1.07 bits per heavy atom. The van der Waals surface area contributed by atoms with Gasteiger partial charge in [0, 0.05) is 34.5 Å². The van der Waals surface area contributed by atoms with Crippen LogP contribution in [0.3, 0.4) is 0 Å². The van der Waals surface area contributed by atoms with Gasteiger partial charge in [-0.05, 0) is 92.3 Å². The van der Waals surface area contributed by atoms with Gasteiger partial charge in [-0.15, -0.1) is 0 Å². The summed E-state index contributed by atoms with van der Waals surface area (Å²) in [5, 5.41) is 10.1. The van der Waals surface area contributed by atoms with E-state index in [1.165, 1.54) is 27.1 Å². The Bertz CT molecular complexity index is 3000. The van der Waals surface area contributed by atoms with Gasteiger partial charge in [-0.25, -0.2) is 4.98 Å². The highest BCUT2D eigenvalue weighted by molar-refractivity contribution is 6.10. The van der Waals surface area contributed by atoms with Crippen molar-refractivity contribution in [1.82, 2.24) is 15.0 Å². The molecule has 1 N–H and O–H groups in total. The molecule has 1 aliphatic rings. The Labute approximate surface area is 317 Å². The minimum atomic E-state index is -0.211. The second-order valence-electron chi connectivity index (χ2n) is 14.0. The number of hydrogen-bond acceptors (Lipinski definition) is 5. The topological polar surface area (TPSA) is 63.8 Å². The molecule has 0 radical (unpaired) electrons. The number of nitrogens with zero attached hydrogens (tertiary/aromatic N) is 3. The largest absolute Gasteiger partial charge is 0.458 e. The van der Waals surface area contributed by atoms with Crippen LogP contribution in [-0.2, 0) is 0 Å². The molecule has 11 rings (SSSR count). The third kappa shape index (κ3) is 5.20. The molecule has 10 aromatic rings. The summed E-state index contributed by atoms with van der Waals surface area (Å²) in [6, 6.07) is 59.3. The van der Waals surface area contributed by atoms with E-state index in [-0.39, 0.29) is 6.04 Å². The van der Waals surface area contributed by atoms with Crippen LogP contribution in [-0.4, -0.2) is 15.0 Å². The number of hydrogen-bond donors (Lipinski definition) is 1. The molecule has 0 bridgehead atoms. The Kier molecular flexibility index (Phi) is 7.17. The summed E-state index contributed by atoms with van der Waals surface area (Å²) < 4.78 is 6.79. The molecular formula is C50H32N4O. The first-order valence-electron chi connectivity index (χ1n) is 18.5. The van der Waals surface area contributed by atoms with Crippen LogP contribution in [0.5, 0.6) is 0 Å². The van der Waals surface area contributed by atoms with Gasteiger partial charge >= 0.3 is 0 Å². The van der Waals surface area contributed by atoms with Crippen LogP contribution in [0.15, 0.2) is 187 Å². The van der Waals surface area contributed by atoms with Crippen molar-refractivity contribution in [3.05, 3.63) is 194 Å². The van der Waals surface area contributed by atoms with Gasteiger partial charge in [0.15, 0.2) is 0 Å². The van der Waals surface area contributed by atoms with Crippen LogP contribution >= 0.6 is 0 Å². The van der Waals surface area contributed by atoms with Crippen molar-refractivity contribution in [2.45, 2.75) is 6.04 Å². The van der Waals surface area contributed by atoms with E-state index in [1.54, 1.807) is 12.4 Å². The van der Waals surface area contributed by atoms with E-state index in [0.29, 0.717) is 0 Å². The number of furan rings is 1. The second kappa shape index (κ2) is 12.6. The molecule has 5 heterocycles. The normalized spacial score (nSPS) is 13.4. The number of fused-ring (bicyclic) bond motifs is 8. The molecule has 5 nitrogen and oxygen atoms in total. The quantitative estimate of drug-likeness (QED) is 0.181. The highest BCUT2D eigenvalue weighted by Crippen LogP contribution is 2.52. The molecule has 0 fully saturated rings. The van der Waals surface area contributed by atoms with E-state index in [9.17, 15) is 0 Å². The summed E-state index contributed by atoms with van der Waals surface area (Å²) in [6.45, 7) is 0. The SMILES string of the molecule is c1ccc(-c2cc(-c3ccc(-c4cccc5c4NC(c4cc6ccccc6c6ccccc46)c4oc6ccccc6c4-5)cc3)cc(-c3ccccn3)n2)nc1. The zero-order valence-corrected chi connectivity index (χ0v) is 29.6. The van der Waals surface area contributed by atoms with Gasteiger partial charge in [0.2, 0.25) is 0 Å². The molecule has 5 heteroatoms. The van der Waals surface area contributed by atoms with Crippen LogP contribution in [0.4, 0.5) is 5.69 Å². The third-order valence-corrected chi connectivity index (χ3v) is 10.8. The van der Waals surface area contributed by atoms with E-state index in [2.05, 4.69) is 143 Å². The first kappa shape index (κ1) is 31.2. The fourth-order valence-electron chi connectivity index (χ4n) is 8.28. The smallest absolute Gasteiger partial charge is 0.140 e. The van der Waals surface area contributed by atoms with Gasteiger partial charge in [-0.3, -0.25) is 9.97 Å². The second-order valence-corrected chi connectivity index (χ2v) is 14.0. The molecule has 1 unspecified atom stereocenters. The van der Waals surface area contributed by atoms with Gasteiger partial charge in [0.1, 0.15) is 17.4 Å². The van der Waals surface area contributed by atoms with Crippen molar-refractivity contribution < 1.29 is 4.42 Å². The first-order chi connectivity index (χ1) is 27.3. The minimum absolute atomic E-state index is 0.211. The molecule has 0 saturated carbocycles. The fraction of sp³-hybridized carbons (Fsp3) is 0.0200. The maximum atomic E-state index is 6.79. The van der Waals surface area contributed by atoms with Crippen LogP contribution in [0.2, 0.25) is 0 Å². The number of aromatic nitrogens is 3. The van der Waals surface area contributed by atoms with Gasteiger partial charge in [0.25, 0.3) is 0 Å². The van der Waals surface area contributed by atoms with Crippen molar-refractivity contribution in [3.8, 4) is 56.2 Å². The maximum absolute atomic E-state index is 6.79. The Morgan fingerprint density at radius 1 is 0.455 bits per heavy atom. The van der Waals surface area contributed by atoms with Gasteiger partial charge in [-0.1, -0.05) is 121 Å². The van der Waals surface area contributed by atoms with Gasteiger partial charge < -0.3 is 9.73 Å². The number of para-hydroxylation sites is 2. The van der Waals surface area contributed by atoms with Crippen LogP contribution in [0, 0.1) is 0 Å². The highest BCUT2D eigenvalue weighted by Gasteiger charge is 2.33. The van der Waals surface area contributed by atoms with Crippen molar-refractivity contribution in [2.75, 3.05) is 5.32 Å². The number of rotatable bonds is 5. The van der Waals surface area contributed by atoms with Crippen LogP contribution < -0.4 is 5.32 Å². The van der Waals surface area contributed by atoms with E-state index >= 15 is 0 Å². The Morgan fingerprint density at radius 3 is 1.80 bits per heavy atom. The van der Waals surface area contributed by atoms with Gasteiger partial charge in [-0.2, -0.15) is 0 Å². The Balaban J connectivity index is 1.06. The number of benzene rings is 6. The fourth-order valence-corrected chi connectivity index (χ4v) is 8.28. The summed E-state index contributed by atoms with van der Waals surface area (Å²) in [6.07, 6.45) is 3.60.